The Morgan fingerprint density at radius 3 is 2.63 bits per heavy atom. The van der Waals surface area contributed by atoms with E-state index in [1.54, 1.807) is 11.6 Å². The van der Waals surface area contributed by atoms with Gasteiger partial charge in [-0.2, -0.15) is 10.2 Å². The summed E-state index contributed by atoms with van der Waals surface area (Å²) in [6, 6.07) is 11.7. The molecule has 2 aliphatic heterocycles. The first-order valence-corrected chi connectivity index (χ1v) is 13.6. The molecule has 2 saturated heterocycles. The van der Waals surface area contributed by atoms with E-state index in [-0.39, 0.29) is 30.2 Å². The van der Waals surface area contributed by atoms with Gasteiger partial charge in [-0.1, -0.05) is 12.1 Å². The molecule has 0 aliphatic carbocycles. The molecule has 0 radical (unpaired) electrons. The number of anilines is 2. The summed E-state index contributed by atoms with van der Waals surface area (Å²) in [5.41, 5.74) is 3.67. The molecule has 10 nitrogen and oxygen atoms in total. The molecular weight excluding hydrogens is 480 g/mol. The van der Waals surface area contributed by atoms with Gasteiger partial charge in [0.25, 0.3) is 0 Å². The van der Waals surface area contributed by atoms with E-state index < -0.39 is 0 Å². The third kappa shape index (κ3) is 4.65. The summed E-state index contributed by atoms with van der Waals surface area (Å²) in [5.74, 6) is 1.29. The van der Waals surface area contributed by atoms with Crippen LogP contribution >= 0.6 is 0 Å². The van der Waals surface area contributed by atoms with Crippen LogP contribution < -0.4 is 15.5 Å². The molecule has 4 heterocycles. The molecule has 202 valence electrons. The number of hydrogen-bond donors (Lipinski definition) is 0. The topological polar surface area (TPSA) is 95.5 Å². The number of imidazole rings is 1. The normalized spacial score (nSPS) is 21.6. The first-order valence-electron chi connectivity index (χ1n) is 13.6. The molecule has 0 spiro atoms. The lowest BCUT2D eigenvalue weighted by atomic mass is 10.00. The SMILES string of the molecule is CCn1c(CC#N)nc2c(N3C[C@@H](C)N(C(C)c4cccc(N5CCOCC5)c4)C[C@@H]3C)nc(=O)n(C)c21. The van der Waals surface area contributed by atoms with E-state index >= 15 is 0 Å². The van der Waals surface area contributed by atoms with Gasteiger partial charge in [0.2, 0.25) is 0 Å². The first-order chi connectivity index (χ1) is 18.3. The number of ether oxygens (including phenoxy) is 1. The number of nitrogens with zero attached hydrogens (tertiary/aromatic N) is 8. The Morgan fingerprint density at radius 1 is 1.16 bits per heavy atom. The van der Waals surface area contributed by atoms with Crippen LogP contribution in [0.2, 0.25) is 0 Å². The lowest BCUT2D eigenvalue weighted by Gasteiger charge is -2.47. The first kappa shape index (κ1) is 26.2. The molecule has 3 atom stereocenters. The molecule has 2 fully saturated rings. The number of benzene rings is 1. The second kappa shape index (κ2) is 10.8. The number of aromatic nitrogens is 4. The van der Waals surface area contributed by atoms with Crippen LogP contribution in [0.15, 0.2) is 29.1 Å². The zero-order chi connectivity index (χ0) is 27.0. The molecule has 1 unspecified atom stereocenters. The largest absolute Gasteiger partial charge is 0.378 e. The van der Waals surface area contributed by atoms with Gasteiger partial charge in [-0.25, -0.2) is 9.78 Å². The summed E-state index contributed by atoms with van der Waals surface area (Å²) in [4.78, 5) is 29.4. The minimum absolute atomic E-state index is 0.130. The molecule has 2 aliphatic rings. The van der Waals surface area contributed by atoms with Crippen molar-refractivity contribution in [3.8, 4) is 6.07 Å². The predicted molar refractivity (Wildman–Crippen MR) is 149 cm³/mol. The lowest BCUT2D eigenvalue weighted by Crippen LogP contribution is -2.57. The quantitative estimate of drug-likeness (QED) is 0.492. The maximum absolute atomic E-state index is 12.9. The number of aryl methyl sites for hydroxylation is 2. The highest BCUT2D eigenvalue weighted by atomic mass is 16.5. The van der Waals surface area contributed by atoms with Crippen molar-refractivity contribution in [1.82, 2.24) is 24.0 Å². The molecule has 38 heavy (non-hydrogen) atoms. The molecule has 5 rings (SSSR count). The fraction of sp³-hybridized carbons (Fsp3) is 0.571. The fourth-order valence-corrected chi connectivity index (χ4v) is 6.01. The van der Waals surface area contributed by atoms with Crippen molar-refractivity contribution >= 4 is 22.7 Å². The average molecular weight is 519 g/mol. The average Bonchev–Trinajstić information content (AvgIpc) is 3.30. The van der Waals surface area contributed by atoms with Gasteiger partial charge in [0.05, 0.1) is 25.7 Å². The summed E-state index contributed by atoms with van der Waals surface area (Å²) < 4.78 is 9.04. The third-order valence-corrected chi connectivity index (χ3v) is 8.12. The zero-order valence-corrected chi connectivity index (χ0v) is 23.1. The number of morpholine rings is 1. The minimum Gasteiger partial charge on any atom is -0.378 e. The maximum Gasteiger partial charge on any atom is 0.350 e. The molecule has 0 saturated carbocycles. The second-order valence-electron chi connectivity index (χ2n) is 10.5. The maximum atomic E-state index is 12.9. The summed E-state index contributed by atoms with van der Waals surface area (Å²) in [6.45, 7) is 14.3. The van der Waals surface area contributed by atoms with E-state index in [2.05, 4.69) is 70.8 Å². The van der Waals surface area contributed by atoms with Gasteiger partial charge in [-0.3, -0.25) is 9.47 Å². The number of hydrogen-bond acceptors (Lipinski definition) is 8. The van der Waals surface area contributed by atoms with Crippen LogP contribution in [-0.2, 0) is 24.8 Å². The monoisotopic (exact) mass is 518 g/mol. The Bertz CT molecular complexity index is 1400. The van der Waals surface area contributed by atoms with Gasteiger partial charge >= 0.3 is 5.69 Å². The Hall–Kier alpha value is -3.42. The summed E-state index contributed by atoms with van der Waals surface area (Å²) in [6.07, 6.45) is 0.191. The van der Waals surface area contributed by atoms with Crippen LogP contribution in [-0.4, -0.2) is 75.5 Å². The van der Waals surface area contributed by atoms with Crippen molar-refractivity contribution in [3.63, 3.8) is 0 Å². The number of fused-ring (bicyclic) bond motifs is 1. The molecule has 0 N–H and O–H groups in total. The Kier molecular flexibility index (Phi) is 7.41. The van der Waals surface area contributed by atoms with E-state index in [0.29, 0.717) is 23.7 Å². The molecule has 0 bridgehead atoms. The standard InChI is InChI=1S/C28H38N8O2/c1-6-34-24(10-11-29)30-25-26(31-28(37)32(5)27(25)34)36-18-19(2)35(17-20(36)3)21(4)22-8-7-9-23(16-22)33-12-14-38-15-13-33/h7-9,16,19-21H,6,10,12-15,17-18H2,1-5H3/t19-,20+,21?/m1/s1. The minimum atomic E-state index is -0.304. The molecule has 3 aromatic rings. The number of piperazine rings is 1. The van der Waals surface area contributed by atoms with E-state index in [1.165, 1.54) is 11.3 Å². The Morgan fingerprint density at radius 2 is 1.92 bits per heavy atom. The predicted octanol–water partition coefficient (Wildman–Crippen LogP) is 2.71. The van der Waals surface area contributed by atoms with Crippen LogP contribution in [0.5, 0.6) is 0 Å². The van der Waals surface area contributed by atoms with Crippen molar-refractivity contribution in [1.29, 1.82) is 5.26 Å². The summed E-state index contributed by atoms with van der Waals surface area (Å²) in [5, 5.41) is 9.34. The van der Waals surface area contributed by atoms with Crippen LogP contribution in [0.1, 0.15) is 45.1 Å². The second-order valence-corrected chi connectivity index (χ2v) is 10.5. The van der Waals surface area contributed by atoms with Gasteiger partial charge in [-0.15, -0.1) is 0 Å². The Balaban J connectivity index is 1.43. The Labute approximate surface area is 224 Å². The smallest absolute Gasteiger partial charge is 0.350 e. The number of rotatable bonds is 6. The van der Waals surface area contributed by atoms with E-state index in [0.717, 1.165) is 45.0 Å². The van der Waals surface area contributed by atoms with Gasteiger partial charge < -0.3 is 19.1 Å². The van der Waals surface area contributed by atoms with E-state index in [9.17, 15) is 10.1 Å². The van der Waals surface area contributed by atoms with Crippen molar-refractivity contribution in [3.05, 3.63) is 46.1 Å². The van der Waals surface area contributed by atoms with E-state index in [4.69, 9.17) is 9.72 Å². The molecule has 10 heteroatoms. The molecule has 2 aromatic heterocycles. The van der Waals surface area contributed by atoms with E-state index in [1.807, 2.05) is 11.5 Å². The number of nitriles is 1. The van der Waals surface area contributed by atoms with Crippen molar-refractivity contribution in [2.45, 2.75) is 58.8 Å². The highest BCUT2D eigenvalue weighted by molar-refractivity contribution is 5.84. The molecular formula is C28H38N8O2. The fourth-order valence-electron chi connectivity index (χ4n) is 6.01. The third-order valence-electron chi connectivity index (χ3n) is 8.12. The van der Waals surface area contributed by atoms with Crippen molar-refractivity contribution in [2.24, 2.45) is 7.05 Å². The van der Waals surface area contributed by atoms with Crippen molar-refractivity contribution < 1.29 is 4.74 Å². The van der Waals surface area contributed by atoms with Gasteiger partial charge in [-0.05, 0) is 45.4 Å². The van der Waals surface area contributed by atoms with Gasteiger partial charge in [0.1, 0.15) is 17.0 Å². The molecule has 0 amide bonds. The zero-order valence-electron chi connectivity index (χ0n) is 23.1. The van der Waals surface area contributed by atoms with Gasteiger partial charge in [0, 0.05) is 63.6 Å². The summed E-state index contributed by atoms with van der Waals surface area (Å²) >= 11 is 0. The summed E-state index contributed by atoms with van der Waals surface area (Å²) in [7, 11) is 1.72. The lowest BCUT2D eigenvalue weighted by molar-refractivity contribution is 0.119. The highest BCUT2D eigenvalue weighted by Gasteiger charge is 2.35. The highest BCUT2D eigenvalue weighted by Crippen LogP contribution is 2.33. The van der Waals surface area contributed by atoms with Crippen LogP contribution in [0.4, 0.5) is 11.5 Å². The molecule has 1 aromatic carbocycles. The van der Waals surface area contributed by atoms with Crippen LogP contribution in [0, 0.1) is 11.3 Å². The van der Waals surface area contributed by atoms with Crippen molar-refractivity contribution in [2.75, 3.05) is 49.2 Å². The van der Waals surface area contributed by atoms with Crippen LogP contribution in [0.3, 0.4) is 0 Å². The van der Waals surface area contributed by atoms with Crippen LogP contribution in [0.25, 0.3) is 11.2 Å². The van der Waals surface area contributed by atoms with Gasteiger partial charge in [0.15, 0.2) is 5.82 Å².